The third-order valence-corrected chi connectivity index (χ3v) is 20.8. The second kappa shape index (κ2) is 38.1. The first kappa shape index (κ1) is 86.4. The average molecular weight is 1370 g/mol. The van der Waals surface area contributed by atoms with Crippen LogP contribution in [0.4, 0.5) is 0 Å². The Morgan fingerprint density at radius 1 is 0.552 bits per heavy atom. The Kier molecular flexibility index (Phi) is 34.3. The fourth-order valence-corrected chi connectivity index (χ4v) is 14.6. The number of carbonyl (C=O) groups is 11. The van der Waals surface area contributed by atoms with Crippen LogP contribution in [0, 0.1) is 41.4 Å². The van der Waals surface area contributed by atoms with Gasteiger partial charge < -0.3 is 60.5 Å². The molecule has 0 spiro atoms. The molecule has 0 aromatic rings. The van der Waals surface area contributed by atoms with Crippen LogP contribution in [0.15, 0.2) is 12.2 Å². The Bertz CT molecular complexity index is 2680. The number of ketones is 1. The van der Waals surface area contributed by atoms with E-state index in [2.05, 4.69) is 34.7 Å². The summed E-state index contributed by atoms with van der Waals surface area (Å²) in [7, 11) is 10.1. The molecule has 24 nitrogen and oxygen atoms in total. The number of aliphatic hydroxyl groups excluding tert-OH is 1. The van der Waals surface area contributed by atoms with E-state index in [0.717, 1.165) is 30.8 Å². The number of hydrogen-bond donors (Lipinski definition) is 5. The monoisotopic (exact) mass is 1370 g/mol. The Morgan fingerprint density at radius 2 is 1.00 bits per heavy atom. The van der Waals surface area contributed by atoms with Crippen molar-refractivity contribution >= 4 is 76.6 Å². The number of Topliss-reactive ketones (excluding diaryl/α,β-unsaturated/α-hetero) is 1. The van der Waals surface area contributed by atoms with Gasteiger partial charge in [0.05, 0.1) is 11.7 Å². The molecule has 1 saturated carbocycles. The van der Waals surface area contributed by atoms with Gasteiger partial charge in [0.15, 0.2) is 11.2 Å². The molecule has 0 aromatic carbocycles. The number of nitrogens with zero attached hydrogens (tertiary/aromatic N) is 8. The van der Waals surface area contributed by atoms with Crippen molar-refractivity contribution in [1.29, 1.82) is 0 Å². The van der Waals surface area contributed by atoms with Crippen LogP contribution in [0.25, 0.3) is 0 Å². The normalized spacial score (nSPS) is 27.4. The van der Waals surface area contributed by atoms with Gasteiger partial charge in [0, 0.05) is 79.4 Å². The molecule has 25 heteroatoms. The zero-order valence-electron chi connectivity index (χ0n) is 63.4. The van der Waals surface area contributed by atoms with Gasteiger partial charge in [-0.1, -0.05) is 109 Å². The van der Waals surface area contributed by atoms with Crippen LogP contribution in [0.5, 0.6) is 0 Å². The summed E-state index contributed by atoms with van der Waals surface area (Å²) in [6.07, 6.45) is 3.82. The zero-order valence-corrected chi connectivity index (χ0v) is 64.2. The Balaban J connectivity index is 3.17. The standard InChI is InChI=1S/C71H127N11O13S/c1-27-31-32-46(15)58(84)57-54(83)38-49(28-2)63(89)81(26)69(96-40-71(33-34-71)82(29-3)30-4)68(94)78(23)53(39-70(18,19)95)61(87)74-55(44(11)12)66(92)75(20)50(35-41(5)6)60(86)72-47(16)59(85)73-48(17)62(88)76(21)51(36-42(7)8)64(90)77(22)52(37-43(9)10)65(91)79(24)56(45(13)14)67(93)80(57)25/h27,31,41-53,55-58,69,84,95H,28-30,32-40H2,1-26H3,(H,72,86)(H,73,85)(H,74,87)/b31-27+/t46-,47-,48+,49+,50-,51-,52-,53+,55-,56-,57?,58-,69-/m1/s1. The quantitative estimate of drug-likeness (QED) is 0.0899. The summed E-state index contributed by atoms with van der Waals surface area (Å²) in [6, 6.07) is -11.6. The lowest BCUT2D eigenvalue weighted by molar-refractivity contribution is -0.157. The van der Waals surface area contributed by atoms with Crippen molar-refractivity contribution in [3.8, 4) is 0 Å². The Morgan fingerprint density at radius 3 is 1.45 bits per heavy atom. The molecule has 1 aliphatic heterocycles. The van der Waals surface area contributed by atoms with Crippen molar-refractivity contribution in [2.45, 2.75) is 266 Å². The number of thioether (sulfide) groups is 1. The van der Waals surface area contributed by atoms with Crippen LogP contribution >= 0.6 is 11.8 Å². The fraction of sp³-hybridized carbons (Fsp3) is 0.817. The molecule has 1 unspecified atom stereocenters. The van der Waals surface area contributed by atoms with Crippen molar-refractivity contribution in [3.05, 3.63) is 12.2 Å². The van der Waals surface area contributed by atoms with Gasteiger partial charge in [0.25, 0.3) is 5.91 Å². The third-order valence-electron chi connectivity index (χ3n) is 19.3. The Hall–Kier alpha value is -5.66. The highest BCUT2D eigenvalue weighted by molar-refractivity contribution is 8.00. The maximum Gasteiger partial charge on any atom is 0.256 e. The Labute approximate surface area is 580 Å². The molecule has 2 fully saturated rings. The van der Waals surface area contributed by atoms with E-state index in [4.69, 9.17) is 0 Å². The van der Waals surface area contributed by atoms with Gasteiger partial charge in [-0.2, -0.15) is 0 Å². The van der Waals surface area contributed by atoms with Crippen molar-refractivity contribution in [3.63, 3.8) is 0 Å². The molecule has 5 N–H and O–H groups in total. The molecule has 0 radical (unpaired) electrons. The third kappa shape index (κ3) is 23.2. The maximum atomic E-state index is 15.6. The zero-order chi connectivity index (χ0) is 74.1. The largest absolute Gasteiger partial charge is 0.390 e. The molecule has 10 amide bonds. The molecule has 1 saturated heterocycles. The van der Waals surface area contributed by atoms with E-state index >= 15 is 33.6 Å². The minimum absolute atomic E-state index is 0.0845. The number of carbonyl (C=O) groups excluding carboxylic acids is 11. The SMILES string of the molecule is C/C=C/C[C@@H](C)[C@@H](O)C1C(=O)C[C@H](CC)C(=O)N(C)[C@H](SCC2(N(CC)CC)CC2)C(=O)N(C)[C@@H](CC(C)(C)O)C(=O)N[C@H](C(C)C)C(=O)N(C)[C@H](CC(C)C)C(=O)N[C@H](C)C(=O)N[C@@H](C)C(=O)N(C)[C@H](CC(C)C)C(=O)N(C)[C@H](CC(C)C)C(=O)N(C)[C@H](C(C)C)C(=O)N1C. The molecule has 2 rings (SSSR count). The van der Waals surface area contributed by atoms with Gasteiger partial charge in [-0.05, 0) is 128 Å². The molecule has 1 heterocycles. The van der Waals surface area contributed by atoms with Crippen molar-refractivity contribution in [1.82, 2.24) is 55.1 Å². The van der Waals surface area contributed by atoms with Crippen LogP contribution in [-0.2, 0) is 52.7 Å². The number of rotatable bonds is 21. The van der Waals surface area contributed by atoms with Crippen LogP contribution in [0.1, 0.15) is 189 Å². The highest BCUT2D eigenvalue weighted by Crippen LogP contribution is 2.45. The highest BCUT2D eigenvalue weighted by Gasteiger charge is 2.50. The smallest absolute Gasteiger partial charge is 0.256 e. The van der Waals surface area contributed by atoms with E-state index in [1.807, 2.05) is 54.5 Å². The fourth-order valence-electron chi connectivity index (χ4n) is 13.0. The predicted octanol–water partition coefficient (Wildman–Crippen LogP) is 5.41. The average Bonchev–Trinajstić information content (AvgIpc) is 1.51. The summed E-state index contributed by atoms with van der Waals surface area (Å²) in [4.78, 5) is 176. The lowest BCUT2D eigenvalue weighted by Crippen LogP contribution is -2.62. The van der Waals surface area contributed by atoms with Crippen LogP contribution < -0.4 is 16.0 Å². The van der Waals surface area contributed by atoms with Crippen molar-refractivity contribution in [2.75, 3.05) is 68.2 Å². The highest BCUT2D eigenvalue weighted by atomic mass is 32.2. The van der Waals surface area contributed by atoms with E-state index in [9.17, 15) is 29.4 Å². The van der Waals surface area contributed by atoms with E-state index in [0.29, 0.717) is 12.2 Å². The molecule has 2 aliphatic rings. The second-order valence-electron chi connectivity index (χ2n) is 30.0. The lowest BCUT2D eigenvalue weighted by atomic mass is 9.86. The van der Waals surface area contributed by atoms with E-state index in [1.54, 1.807) is 47.6 Å². The number of allylic oxidation sites excluding steroid dienone is 2. The van der Waals surface area contributed by atoms with E-state index < -0.39 is 166 Å². The summed E-state index contributed by atoms with van der Waals surface area (Å²) in [5.74, 6) is -10.4. The molecule has 550 valence electrons. The molecule has 0 bridgehead atoms. The number of likely N-dealkylation sites (N-methyl/N-ethyl adjacent to an activating group) is 7. The molecule has 0 aromatic heterocycles. The van der Waals surface area contributed by atoms with Crippen molar-refractivity contribution in [2.24, 2.45) is 41.4 Å². The first-order valence-corrected chi connectivity index (χ1v) is 36.1. The van der Waals surface area contributed by atoms with Gasteiger partial charge in [0.2, 0.25) is 53.2 Å². The van der Waals surface area contributed by atoms with Crippen LogP contribution in [0.3, 0.4) is 0 Å². The van der Waals surface area contributed by atoms with E-state index in [1.165, 1.54) is 118 Å². The summed E-state index contributed by atoms with van der Waals surface area (Å²) in [5, 5.41) is 30.9. The second-order valence-corrected chi connectivity index (χ2v) is 31.1. The minimum atomic E-state index is -1.58. The summed E-state index contributed by atoms with van der Waals surface area (Å²) >= 11 is 1.22. The first-order valence-electron chi connectivity index (χ1n) is 35.0. The number of hydrogen-bond acceptors (Lipinski definition) is 15. The molecular formula is C71H127N11O13S. The van der Waals surface area contributed by atoms with Crippen LogP contribution in [-0.4, -0.2) is 259 Å². The maximum absolute atomic E-state index is 15.6. The summed E-state index contributed by atoms with van der Waals surface area (Å²) in [6.45, 7) is 34.8. The number of aliphatic hydroxyl groups is 2. The van der Waals surface area contributed by atoms with Gasteiger partial charge in [0.1, 0.15) is 54.4 Å². The molecular weight excluding hydrogens is 1250 g/mol. The topological polar surface area (TPSA) is 290 Å². The minimum Gasteiger partial charge on any atom is -0.390 e. The molecule has 1 aliphatic carbocycles. The summed E-state index contributed by atoms with van der Waals surface area (Å²) < 4.78 is 0. The lowest BCUT2D eigenvalue weighted by Gasteiger charge is -2.41. The molecule has 96 heavy (non-hydrogen) atoms. The van der Waals surface area contributed by atoms with Crippen molar-refractivity contribution < 1.29 is 63.0 Å². The van der Waals surface area contributed by atoms with Gasteiger partial charge in [-0.3, -0.25) is 57.6 Å². The predicted molar refractivity (Wildman–Crippen MR) is 377 cm³/mol. The number of amides is 10. The molecule has 13 atom stereocenters. The number of nitrogens with one attached hydrogen (secondary N) is 3. The van der Waals surface area contributed by atoms with Gasteiger partial charge >= 0.3 is 0 Å². The van der Waals surface area contributed by atoms with Gasteiger partial charge in [-0.15, -0.1) is 11.8 Å². The first-order chi connectivity index (χ1) is 44.3. The van der Waals surface area contributed by atoms with Gasteiger partial charge in [-0.25, -0.2) is 0 Å². The summed E-state index contributed by atoms with van der Waals surface area (Å²) in [5.41, 5.74) is -1.88. The van der Waals surface area contributed by atoms with E-state index in [-0.39, 0.29) is 55.4 Å². The van der Waals surface area contributed by atoms with Crippen LogP contribution in [0.2, 0.25) is 0 Å².